The van der Waals surface area contributed by atoms with E-state index in [-0.39, 0.29) is 36.1 Å². The van der Waals surface area contributed by atoms with Gasteiger partial charge >= 0.3 is 0 Å². The second kappa shape index (κ2) is 13.4. The maximum atomic E-state index is 14.1. The summed E-state index contributed by atoms with van der Waals surface area (Å²) in [6.45, 7) is 3.62. The molecule has 0 aliphatic carbocycles. The lowest BCUT2D eigenvalue weighted by molar-refractivity contribution is -0.146. The maximum absolute atomic E-state index is 14.1. The number of fused-ring (bicyclic) bond motifs is 1. The Kier molecular flexibility index (Phi) is 9.92. The summed E-state index contributed by atoms with van der Waals surface area (Å²) in [5, 5.41) is 8.99. The molecule has 1 N–H and O–H groups in total. The van der Waals surface area contributed by atoms with E-state index in [1.807, 2.05) is 0 Å². The van der Waals surface area contributed by atoms with Crippen molar-refractivity contribution >= 4 is 50.7 Å². The highest BCUT2D eigenvalue weighted by atomic mass is 35.5. The number of rotatable bonds is 7. The second-order valence-corrected chi connectivity index (χ2v) is 11.9. The van der Waals surface area contributed by atoms with Gasteiger partial charge in [0.15, 0.2) is 0 Å². The Balaban J connectivity index is 0.00000124. The van der Waals surface area contributed by atoms with E-state index >= 15 is 0 Å². The van der Waals surface area contributed by atoms with Crippen LogP contribution in [0.1, 0.15) is 18.9 Å². The molecule has 0 spiro atoms. The standard InChI is InChI=1S/C27H29ClN4O5S.CH2O2/c1-19(26(33)30-12-14-37-15-13-30)31-11-8-25(27(31)34)32(18-20-6-9-29-10-7-20)38(35,36)24-5-3-21-16-23(28)4-2-22(21)17-24;2-1-3/h2-7,9-10,16-17,19,25H,8,11-15,18H2,1H3;1H,(H,2,3)/t19-,25-;/m0./s1. The predicted octanol–water partition coefficient (Wildman–Crippen LogP) is 2.63. The summed E-state index contributed by atoms with van der Waals surface area (Å²) in [6, 6.07) is 11.9. The molecular weight excluding hydrogens is 572 g/mol. The van der Waals surface area contributed by atoms with Crippen molar-refractivity contribution in [3.05, 3.63) is 71.5 Å². The van der Waals surface area contributed by atoms with Crippen LogP contribution < -0.4 is 0 Å². The van der Waals surface area contributed by atoms with Gasteiger partial charge in [0.1, 0.15) is 12.1 Å². The Bertz CT molecular complexity index is 1500. The summed E-state index contributed by atoms with van der Waals surface area (Å²) in [4.78, 5) is 42.5. The monoisotopic (exact) mass is 602 g/mol. The first-order valence-electron chi connectivity index (χ1n) is 13.0. The Morgan fingerprint density at radius 2 is 1.76 bits per heavy atom. The van der Waals surface area contributed by atoms with E-state index < -0.39 is 22.1 Å². The Morgan fingerprint density at radius 1 is 1.12 bits per heavy atom. The minimum atomic E-state index is -4.09. The number of likely N-dealkylation sites (tertiary alicyclic amines) is 1. The van der Waals surface area contributed by atoms with Gasteiger partial charge in [-0.2, -0.15) is 4.31 Å². The first-order chi connectivity index (χ1) is 19.7. The quantitative estimate of drug-likeness (QED) is 0.408. The number of morpholine rings is 1. The van der Waals surface area contributed by atoms with Crippen molar-refractivity contribution in [1.29, 1.82) is 0 Å². The summed E-state index contributed by atoms with van der Waals surface area (Å²) < 4.78 is 34.7. The van der Waals surface area contributed by atoms with E-state index in [1.165, 1.54) is 15.3 Å². The highest BCUT2D eigenvalue weighted by Crippen LogP contribution is 2.30. The fourth-order valence-corrected chi connectivity index (χ4v) is 6.86. The van der Waals surface area contributed by atoms with Crippen molar-refractivity contribution in [1.82, 2.24) is 19.1 Å². The van der Waals surface area contributed by atoms with Gasteiger partial charge in [-0.15, -0.1) is 0 Å². The average Bonchev–Trinajstić information content (AvgIpc) is 3.36. The van der Waals surface area contributed by atoms with Gasteiger partial charge in [0.25, 0.3) is 6.47 Å². The summed E-state index contributed by atoms with van der Waals surface area (Å²) in [6.07, 6.45) is 3.46. The molecule has 0 unspecified atom stereocenters. The van der Waals surface area contributed by atoms with E-state index in [1.54, 1.807) is 66.7 Å². The molecule has 0 bridgehead atoms. The maximum Gasteiger partial charge on any atom is 0.290 e. The van der Waals surface area contributed by atoms with Gasteiger partial charge in [0.2, 0.25) is 21.8 Å². The molecule has 13 heteroatoms. The van der Waals surface area contributed by atoms with Crippen LogP contribution >= 0.6 is 11.6 Å². The molecule has 0 radical (unpaired) electrons. The molecule has 2 aliphatic heterocycles. The number of hydrogen-bond acceptors (Lipinski definition) is 7. The summed E-state index contributed by atoms with van der Waals surface area (Å²) in [5.74, 6) is -0.525. The predicted molar refractivity (Wildman–Crippen MR) is 152 cm³/mol. The summed E-state index contributed by atoms with van der Waals surface area (Å²) >= 11 is 6.10. The number of carboxylic acid groups (broad SMARTS) is 1. The van der Waals surface area contributed by atoms with Crippen molar-refractivity contribution in [3.8, 4) is 0 Å². The van der Waals surface area contributed by atoms with Gasteiger partial charge in [-0.25, -0.2) is 8.42 Å². The Hall–Kier alpha value is -3.58. The molecule has 2 saturated heterocycles. The van der Waals surface area contributed by atoms with Gasteiger partial charge in [0.05, 0.1) is 18.1 Å². The molecule has 3 aromatic rings. The molecular formula is C28H31ClN4O7S. The number of carbonyl (C=O) groups is 3. The molecule has 3 heterocycles. The fourth-order valence-electron chi connectivity index (χ4n) is 5.04. The van der Waals surface area contributed by atoms with Crippen LogP contribution in [0.4, 0.5) is 0 Å². The van der Waals surface area contributed by atoms with Crippen LogP contribution in [0.15, 0.2) is 65.8 Å². The summed E-state index contributed by atoms with van der Waals surface area (Å²) in [5.41, 5.74) is 0.708. The number of carbonyl (C=O) groups excluding carboxylic acids is 2. The number of amides is 2. The lowest BCUT2D eigenvalue weighted by Gasteiger charge is -2.33. The van der Waals surface area contributed by atoms with Gasteiger partial charge < -0.3 is 19.6 Å². The first kappa shape index (κ1) is 30.4. The SMILES string of the molecule is C[C@@H](C(=O)N1CCOCC1)N1CC[C@H](N(Cc2ccncc2)S(=O)(=O)c2ccc3cc(Cl)ccc3c2)C1=O.O=CO. The highest BCUT2D eigenvalue weighted by Gasteiger charge is 2.45. The topological polar surface area (TPSA) is 137 Å². The zero-order valence-electron chi connectivity index (χ0n) is 22.4. The van der Waals surface area contributed by atoms with Gasteiger partial charge in [0, 0.05) is 43.6 Å². The highest BCUT2D eigenvalue weighted by molar-refractivity contribution is 7.89. The Labute approximate surface area is 243 Å². The zero-order valence-corrected chi connectivity index (χ0v) is 24.0. The molecule has 11 nitrogen and oxygen atoms in total. The summed E-state index contributed by atoms with van der Waals surface area (Å²) in [7, 11) is -4.09. The zero-order chi connectivity index (χ0) is 29.6. The van der Waals surface area contributed by atoms with E-state index in [9.17, 15) is 18.0 Å². The molecule has 1 aromatic heterocycles. The number of benzene rings is 2. The van der Waals surface area contributed by atoms with E-state index in [2.05, 4.69) is 4.98 Å². The van der Waals surface area contributed by atoms with Crippen LogP contribution in [0.3, 0.4) is 0 Å². The van der Waals surface area contributed by atoms with Crippen LogP contribution in [0.5, 0.6) is 0 Å². The third-order valence-electron chi connectivity index (χ3n) is 7.17. The fraction of sp³-hybridized carbons (Fsp3) is 0.357. The van der Waals surface area contributed by atoms with E-state index in [0.717, 1.165) is 10.8 Å². The Morgan fingerprint density at radius 3 is 2.44 bits per heavy atom. The molecule has 2 fully saturated rings. The van der Waals surface area contributed by atoms with Crippen molar-refractivity contribution in [3.63, 3.8) is 0 Å². The lowest BCUT2D eigenvalue weighted by atomic mass is 10.1. The minimum absolute atomic E-state index is 0.000450. The van der Waals surface area contributed by atoms with E-state index in [4.69, 9.17) is 26.2 Å². The number of halogens is 1. The third kappa shape index (κ3) is 6.84. The molecule has 2 amide bonds. The molecule has 2 aliphatic rings. The molecule has 5 rings (SSSR count). The largest absolute Gasteiger partial charge is 0.483 e. The van der Waals surface area contributed by atoms with Crippen molar-refractivity contribution in [2.24, 2.45) is 0 Å². The smallest absolute Gasteiger partial charge is 0.290 e. The third-order valence-corrected chi connectivity index (χ3v) is 9.26. The molecule has 2 atom stereocenters. The second-order valence-electron chi connectivity index (χ2n) is 9.61. The molecule has 218 valence electrons. The van der Waals surface area contributed by atoms with Crippen LogP contribution in [0.2, 0.25) is 5.02 Å². The molecule has 0 saturated carbocycles. The lowest BCUT2D eigenvalue weighted by Crippen LogP contribution is -2.53. The average molecular weight is 603 g/mol. The number of hydrogen-bond donors (Lipinski definition) is 1. The van der Waals surface area contributed by atoms with Gasteiger partial charge in [-0.1, -0.05) is 23.7 Å². The normalized spacial score (nSPS) is 18.2. The number of pyridine rings is 1. The van der Waals surface area contributed by atoms with Gasteiger partial charge in [-0.3, -0.25) is 19.4 Å². The number of sulfonamides is 1. The van der Waals surface area contributed by atoms with Crippen molar-refractivity contribution in [2.45, 2.75) is 36.9 Å². The number of nitrogens with zero attached hydrogens (tertiary/aromatic N) is 4. The number of aromatic nitrogens is 1. The van der Waals surface area contributed by atoms with Crippen LogP contribution in [-0.2, 0) is 35.7 Å². The first-order valence-corrected chi connectivity index (χ1v) is 14.8. The molecule has 2 aromatic carbocycles. The molecule has 41 heavy (non-hydrogen) atoms. The van der Waals surface area contributed by atoms with Crippen molar-refractivity contribution in [2.75, 3.05) is 32.8 Å². The van der Waals surface area contributed by atoms with E-state index in [0.29, 0.717) is 43.4 Å². The van der Waals surface area contributed by atoms with Crippen LogP contribution in [0, 0.1) is 0 Å². The van der Waals surface area contributed by atoms with Crippen LogP contribution in [-0.4, -0.2) is 95.8 Å². The van der Waals surface area contributed by atoms with Crippen LogP contribution in [0.25, 0.3) is 10.8 Å². The van der Waals surface area contributed by atoms with Crippen molar-refractivity contribution < 1.29 is 32.6 Å². The van der Waals surface area contributed by atoms with Gasteiger partial charge in [-0.05, 0) is 66.1 Å². The number of ether oxygens (including phenoxy) is 1. The minimum Gasteiger partial charge on any atom is -0.483 e.